The molecule has 0 aromatic heterocycles. The Morgan fingerprint density at radius 3 is 2.85 bits per heavy atom. The summed E-state index contributed by atoms with van der Waals surface area (Å²) in [5.41, 5.74) is 1.37. The highest BCUT2D eigenvalue weighted by Gasteiger charge is 2.64. The van der Waals surface area contributed by atoms with Crippen molar-refractivity contribution in [3.63, 3.8) is 0 Å². The van der Waals surface area contributed by atoms with E-state index in [0.29, 0.717) is 12.2 Å². The average molecular weight is 392 g/mol. The van der Waals surface area contributed by atoms with Crippen LogP contribution in [0.3, 0.4) is 0 Å². The number of hydrogen-bond acceptors (Lipinski definition) is 6. The van der Waals surface area contributed by atoms with Crippen molar-refractivity contribution in [2.24, 2.45) is 0 Å². The molecule has 1 aromatic rings. The number of hydrogen-bond donors (Lipinski definition) is 3. The maximum Gasteiger partial charge on any atom is 0.327 e. The fourth-order valence-electron chi connectivity index (χ4n) is 3.91. The van der Waals surface area contributed by atoms with Crippen molar-refractivity contribution in [2.45, 2.75) is 48.6 Å². The van der Waals surface area contributed by atoms with Crippen LogP contribution in [0.4, 0.5) is 0 Å². The Morgan fingerprint density at radius 2 is 2.15 bits per heavy atom. The third-order valence-electron chi connectivity index (χ3n) is 5.25. The molecule has 0 radical (unpaired) electrons. The molecule has 4 atom stereocenters. The van der Waals surface area contributed by atoms with E-state index in [1.54, 1.807) is 32.0 Å². The molecule has 2 amide bonds. The van der Waals surface area contributed by atoms with Gasteiger partial charge in [0.25, 0.3) is 5.91 Å². The first kappa shape index (κ1) is 18.1. The number of amides is 2. The van der Waals surface area contributed by atoms with Gasteiger partial charge < -0.3 is 25.2 Å². The highest BCUT2D eigenvalue weighted by Crippen LogP contribution is 2.50. The quantitative estimate of drug-likeness (QED) is 0.631. The molecule has 27 heavy (non-hydrogen) atoms. The fraction of sp³-hybridized carbons (Fsp3) is 0.500. The predicted molar refractivity (Wildman–Crippen MR) is 96.3 cm³/mol. The number of aliphatic carboxylic acids is 1. The molecule has 8 nitrogen and oxygen atoms in total. The van der Waals surface area contributed by atoms with E-state index < -0.39 is 46.1 Å². The summed E-state index contributed by atoms with van der Waals surface area (Å²) in [7, 11) is 0. The predicted octanol–water partition coefficient (Wildman–Crippen LogP) is 0.287. The van der Waals surface area contributed by atoms with E-state index in [9.17, 15) is 24.6 Å². The molecule has 2 saturated heterocycles. The molecule has 4 unspecified atom stereocenters. The molecule has 3 aliphatic heterocycles. The van der Waals surface area contributed by atoms with Crippen LogP contribution in [-0.4, -0.2) is 61.7 Å². The van der Waals surface area contributed by atoms with E-state index in [2.05, 4.69) is 5.32 Å². The second-order valence-corrected chi connectivity index (χ2v) is 9.22. The number of carboxylic acid groups (broad SMARTS) is 1. The molecule has 2 fully saturated rings. The number of carbonyl (C=O) groups excluding carboxylic acids is 2. The van der Waals surface area contributed by atoms with Gasteiger partial charge in [0.05, 0.1) is 6.61 Å². The number of nitrogens with one attached hydrogen (secondary N) is 1. The number of aliphatic hydroxyl groups excluding tert-OH is 1. The lowest BCUT2D eigenvalue weighted by molar-refractivity contribution is -0.161. The lowest BCUT2D eigenvalue weighted by Crippen LogP contribution is -2.70. The number of benzene rings is 1. The highest BCUT2D eigenvalue weighted by molar-refractivity contribution is 8.01. The fourth-order valence-corrected chi connectivity index (χ4v) is 5.53. The van der Waals surface area contributed by atoms with Crippen LogP contribution >= 0.6 is 11.8 Å². The number of carboxylic acids is 1. The number of aliphatic hydroxyl groups is 1. The summed E-state index contributed by atoms with van der Waals surface area (Å²) in [5.74, 6) is -1.42. The van der Waals surface area contributed by atoms with Gasteiger partial charge in [0.2, 0.25) is 5.91 Å². The Morgan fingerprint density at radius 1 is 1.41 bits per heavy atom. The molecule has 4 rings (SSSR count). The molecule has 144 valence electrons. The summed E-state index contributed by atoms with van der Waals surface area (Å²) < 4.78 is 4.75. The van der Waals surface area contributed by atoms with Crippen molar-refractivity contribution in [3.8, 4) is 5.75 Å². The number of ether oxygens (including phenoxy) is 1. The van der Waals surface area contributed by atoms with E-state index in [-0.39, 0.29) is 0 Å². The van der Waals surface area contributed by atoms with Gasteiger partial charge in [-0.25, -0.2) is 4.79 Å². The van der Waals surface area contributed by atoms with E-state index in [1.165, 1.54) is 16.7 Å². The SMILES string of the molecule is CC1(C)SC2C(NC(=O)C(O)c3ccc4c(c3)CCO4)C(=O)N2C1C(=O)O. The van der Waals surface area contributed by atoms with Gasteiger partial charge >= 0.3 is 5.97 Å². The topological polar surface area (TPSA) is 116 Å². The van der Waals surface area contributed by atoms with Crippen molar-refractivity contribution in [2.75, 3.05) is 6.61 Å². The van der Waals surface area contributed by atoms with Gasteiger partial charge in [-0.05, 0) is 37.1 Å². The molecule has 9 heteroatoms. The monoisotopic (exact) mass is 392 g/mol. The van der Waals surface area contributed by atoms with Gasteiger partial charge in [-0.1, -0.05) is 6.07 Å². The van der Waals surface area contributed by atoms with Gasteiger partial charge in [-0.3, -0.25) is 9.59 Å². The summed E-state index contributed by atoms with van der Waals surface area (Å²) in [6.45, 7) is 4.11. The lowest BCUT2D eigenvalue weighted by atomic mass is 9.95. The number of fused-ring (bicyclic) bond motifs is 2. The second-order valence-electron chi connectivity index (χ2n) is 7.45. The van der Waals surface area contributed by atoms with Crippen LogP contribution in [0.25, 0.3) is 0 Å². The van der Waals surface area contributed by atoms with E-state index in [1.807, 2.05) is 0 Å². The number of β-lactam (4-membered cyclic amide) rings is 1. The molecule has 1 aromatic carbocycles. The van der Waals surface area contributed by atoms with Gasteiger partial charge in [-0.2, -0.15) is 0 Å². The van der Waals surface area contributed by atoms with Crippen molar-refractivity contribution in [1.29, 1.82) is 0 Å². The normalized spacial score (nSPS) is 28.6. The average Bonchev–Trinajstić information content (AvgIpc) is 3.18. The first-order chi connectivity index (χ1) is 12.7. The maximum absolute atomic E-state index is 12.5. The summed E-state index contributed by atoms with van der Waals surface area (Å²) in [6, 6.07) is 3.30. The van der Waals surface area contributed by atoms with Crippen LogP contribution in [0.15, 0.2) is 18.2 Å². The maximum atomic E-state index is 12.5. The number of thioether (sulfide) groups is 1. The molecular weight excluding hydrogens is 372 g/mol. The Bertz CT molecular complexity index is 841. The van der Waals surface area contributed by atoms with Crippen LogP contribution < -0.4 is 10.1 Å². The summed E-state index contributed by atoms with van der Waals surface area (Å²) in [5, 5.41) is 21.9. The third-order valence-corrected chi connectivity index (χ3v) is 6.82. The van der Waals surface area contributed by atoms with Gasteiger partial charge in [-0.15, -0.1) is 11.8 Å². The lowest BCUT2D eigenvalue weighted by Gasteiger charge is -2.43. The first-order valence-electron chi connectivity index (χ1n) is 8.67. The molecular formula is C18H20N2O6S. The van der Waals surface area contributed by atoms with Crippen LogP contribution in [-0.2, 0) is 20.8 Å². The van der Waals surface area contributed by atoms with Gasteiger partial charge in [0.15, 0.2) is 6.10 Å². The van der Waals surface area contributed by atoms with Crippen LogP contribution in [0.1, 0.15) is 31.1 Å². The Hall–Kier alpha value is -2.26. The zero-order valence-corrected chi connectivity index (χ0v) is 15.7. The summed E-state index contributed by atoms with van der Waals surface area (Å²) in [6.07, 6.45) is -0.690. The smallest absolute Gasteiger partial charge is 0.327 e. The van der Waals surface area contributed by atoms with Crippen LogP contribution in [0, 0.1) is 0 Å². The summed E-state index contributed by atoms with van der Waals surface area (Å²) >= 11 is 1.34. The Labute approximate surface area is 159 Å². The zero-order chi connectivity index (χ0) is 19.5. The number of carbonyl (C=O) groups is 3. The Balaban J connectivity index is 1.46. The number of nitrogens with zero attached hydrogens (tertiary/aromatic N) is 1. The zero-order valence-electron chi connectivity index (χ0n) is 14.8. The molecule has 0 saturated carbocycles. The number of rotatable bonds is 4. The van der Waals surface area contributed by atoms with Gasteiger partial charge in [0, 0.05) is 11.2 Å². The van der Waals surface area contributed by atoms with E-state index in [4.69, 9.17) is 4.74 Å². The van der Waals surface area contributed by atoms with E-state index >= 15 is 0 Å². The molecule has 3 heterocycles. The highest BCUT2D eigenvalue weighted by atomic mass is 32.2. The summed E-state index contributed by atoms with van der Waals surface area (Å²) in [4.78, 5) is 37.7. The Kier molecular flexibility index (Phi) is 4.12. The molecule has 3 aliphatic rings. The van der Waals surface area contributed by atoms with Crippen molar-refractivity contribution in [3.05, 3.63) is 29.3 Å². The van der Waals surface area contributed by atoms with Crippen LogP contribution in [0.5, 0.6) is 5.75 Å². The molecule has 0 bridgehead atoms. The minimum atomic E-state index is -1.41. The van der Waals surface area contributed by atoms with Crippen molar-refractivity contribution >= 4 is 29.5 Å². The second kappa shape index (κ2) is 6.13. The third kappa shape index (κ3) is 2.76. The van der Waals surface area contributed by atoms with Crippen molar-refractivity contribution < 1.29 is 29.3 Å². The first-order valence-corrected chi connectivity index (χ1v) is 9.55. The minimum absolute atomic E-state index is 0.434. The minimum Gasteiger partial charge on any atom is -0.493 e. The standard InChI is InChI=1S/C18H20N2O6S/c1-18(2)13(17(24)25)20-15(23)11(16(20)27-18)19-14(22)12(21)9-3-4-10-8(7-9)5-6-26-10/h3-4,7,11-13,16,21H,5-6H2,1-2H3,(H,19,22)(H,24,25). The molecule has 3 N–H and O–H groups in total. The van der Waals surface area contributed by atoms with Gasteiger partial charge in [0.1, 0.15) is 23.2 Å². The molecule has 0 spiro atoms. The molecule has 0 aliphatic carbocycles. The largest absolute Gasteiger partial charge is 0.493 e. The van der Waals surface area contributed by atoms with Crippen LogP contribution in [0.2, 0.25) is 0 Å². The van der Waals surface area contributed by atoms with E-state index in [0.717, 1.165) is 17.7 Å². The van der Waals surface area contributed by atoms with Crippen molar-refractivity contribution in [1.82, 2.24) is 10.2 Å².